The summed E-state index contributed by atoms with van der Waals surface area (Å²) in [6.07, 6.45) is 6.50. The fraction of sp³-hybridized carbons (Fsp3) is 0.667. The number of nitrogens with zero attached hydrogens (tertiary/aromatic N) is 2. The van der Waals surface area contributed by atoms with E-state index in [0.29, 0.717) is 6.42 Å². The second-order valence-corrected chi connectivity index (χ2v) is 3.94. The van der Waals surface area contributed by atoms with Crippen LogP contribution in [-0.2, 0) is 22.5 Å². The fourth-order valence-corrected chi connectivity index (χ4v) is 1.79. The normalized spacial score (nSPS) is 12.4. The number of imidazole rings is 1. The van der Waals surface area contributed by atoms with Crippen molar-refractivity contribution in [3.63, 3.8) is 0 Å². The van der Waals surface area contributed by atoms with Crippen molar-refractivity contribution in [1.29, 1.82) is 0 Å². The number of carbonyl (C=O) groups is 1. The zero-order chi connectivity index (χ0) is 12.7. The van der Waals surface area contributed by atoms with Crippen LogP contribution in [0.3, 0.4) is 0 Å². The number of rotatable bonds is 7. The van der Waals surface area contributed by atoms with Crippen molar-refractivity contribution in [1.82, 2.24) is 14.9 Å². The summed E-state index contributed by atoms with van der Waals surface area (Å²) in [4.78, 5) is 15.7. The minimum atomic E-state index is -0.253. The third-order valence-electron chi connectivity index (χ3n) is 2.77. The molecule has 1 atom stereocenters. The summed E-state index contributed by atoms with van der Waals surface area (Å²) in [7, 11) is 3.18. The quantitative estimate of drug-likeness (QED) is 0.721. The van der Waals surface area contributed by atoms with Crippen LogP contribution in [0.5, 0.6) is 0 Å². The van der Waals surface area contributed by atoms with Gasteiger partial charge in [0.25, 0.3) is 0 Å². The lowest BCUT2D eigenvalue weighted by Crippen LogP contribution is -2.36. The molecular formula is C12H21N3O2. The Hall–Kier alpha value is -1.36. The van der Waals surface area contributed by atoms with Gasteiger partial charge in [0.1, 0.15) is 11.9 Å². The first kappa shape index (κ1) is 13.7. The van der Waals surface area contributed by atoms with Crippen molar-refractivity contribution in [3.8, 4) is 0 Å². The van der Waals surface area contributed by atoms with Crippen LogP contribution in [0.4, 0.5) is 0 Å². The Balaban J connectivity index is 2.53. The number of carbonyl (C=O) groups excluding carboxylic acids is 1. The summed E-state index contributed by atoms with van der Waals surface area (Å²) in [5, 5.41) is 2.96. The Morgan fingerprint density at radius 3 is 3.00 bits per heavy atom. The molecule has 0 aromatic carbocycles. The minimum Gasteiger partial charge on any atom is -0.468 e. The van der Waals surface area contributed by atoms with E-state index in [1.54, 1.807) is 13.2 Å². The Kier molecular flexibility index (Phi) is 5.69. The molecule has 1 aromatic heterocycles. The van der Waals surface area contributed by atoms with Crippen LogP contribution in [0.15, 0.2) is 12.4 Å². The first-order chi connectivity index (χ1) is 8.22. The zero-order valence-electron chi connectivity index (χ0n) is 10.8. The maximum absolute atomic E-state index is 11.4. The number of aromatic nitrogens is 2. The van der Waals surface area contributed by atoms with Crippen LogP contribution >= 0.6 is 0 Å². The van der Waals surface area contributed by atoms with E-state index in [0.717, 1.165) is 25.2 Å². The van der Waals surface area contributed by atoms with Crippen LogP contribution in [-0.4, -0.2) is 35.7 Å². The molecule has 96 valence electrons. The highest BCUT2D eigenvalue weighted by atomic mass is 16.5. The van der Waals surface area contributed by atoms with Crippen molar-refractivity contribution in [2.24, 2.45) is 0 Å². The maximum Gasteiger partial charge on any atom is 0.322 e. The fourth-order valence-electron chi connectivity index (χ4n) is 1.79. The van der Waals surface area contributed by atoms with E-state index in [1.807, 2.05) is 6.20 Å². The van der Waals surface area contributed by atoms with Gasteiger partial charge in [-0.1, -0.05) is 6.92 Å². The average Bonchev–Trinajstić information content (AvgIpc) is 2.77. The molecule has 0 aliphatic carbocycles. The van der Waals surface area contributed by atoms with Gasteiger partial charge in [0.05, 0.1) is 7.11 Å². The predicted molar refractivity (Wildman–Crippen MR) is 65.7 cm³/mol. The molecule has 0 aliphatic heterocycles. The van der Waals surface area contributed by atoms with E-state index >= 15 is 0 Å². The molecule has 1 unspecified atom stereocenters. The molecule has 0 saturated heterocycles. The lowest BCUT2D eigenvalue weighted by atomic mass is 10.2. The molecule has 0 bridgehead atoms. The predicted octanol–water partition coefficient (Wildman–Crippen LogP) is 0.987. The van der Waals surface area contributed by atoms with Gasteiger partial charge >= 0.3 is 5.97 Å². The molecule has 1 heterocycles. The number of methoxy groups -OCH3 is 1. The lowest BCUT2D eigenvalue weighted by molar-refractivity contribution is -0.143. The number of aryl methyl sites for hydroxylation is 2. The first-order valence-corrected chi connectivity index (χ1v) is 5.98. The van der Waals surface area contributed by atoms with Crippen LogP contribution in [0.2, 0.25) is 0 Å². The van der Waals surface area contributed by atoms with Crippen LogP contribution < -0.4 is 5.32 Å². The molecule has 1 rings (SSSR count). The van der Waals surface area contributed by atoms with Gasteiger partial charge in [0.15, 0.2) is 0 Å². The van der Waals surface area contributed by atoms with Gasteiger partial charge in [-0.3, -0.25) is 4.79 Å². The van der Waals surface area contributed by atoms with Crippen LogP contribution in [0.25, 0.3) is 0 Å². The van der Waals surface area contributed by atoms with Crippen molar-refractivity contribution < 1.29 is 9.53 Å². The van der Waals surface area contributed by atoms with Crippen molar-refractivity contribution >= 4 is 5.97 Å². The molecule has 5 heteroatoms. The molecule has 1 aromatic rings. The highest BCUT2D eigenvalue weighted by Crippen LogP contribution is 2.05. The summed E-state index contributed by atoms with van der Waals surface area (Å²) >= 11 is 0. The van der Waals surface area contributed by atoms with Gasteiger partial charge in [0.2, 0.25) is 0 Å². The second kappa shape index (κ2) is 7.06. The Morgan fingerprint density at radius 2 is 2.41 bits per heavy atom. The molecule has 0 amide bonds. The number of ether oxygens (including phenoxy) is 1. The largest absolute Gasteiger partial charge is 0.468 e. The molecule has 0 radical (unpaired) electrons. The van der Waals surface area contributed by atoms with E-state index in [2.05, 4.69) is 21.8 Å². The summed E-state index contributed by atoms with van der Waals surface area (Å²) in [6.45, 7) is 2.90. The SMILES string of the molecule is CCCc1nccn1CCC(NC)C(=O)OC. The number of hydrogen-bond donors (Lipinski definition) is 1. The maximum atomic E-state index is 11.4. The molecule has 5 nitrogen and oxygen atoms in total. The summed E-state index contributed by atoms with van der Waals surface area (Å²) in [5.74, 6) is 0.858. The van der Waals surface area contributed by atoms with Gasteiger partial charge in [0, 0.05) is 25.4 Å². The summed E-state index contributed by atoms with van der Waals surface area (Å²) in [6, 6.07) is -0.253. The molecule has 0 saturated carbocycles. The number of likely N-dealkylation sites (N-methyl/N-ethyl adjacent to an activating group) is 1. The Bertz CT molecular complexity index is 349. The van der Waals surface area contributed by atoms with Crippen LogP contribution in [0.1, 0.15) is 25.6 Å². The molecule has 17 heavy (non-hydrogen) atoms. The van der Waals surface area contributed by atoms with Crippen LogP contribution in [0, 0.1) is 0 Å². The molecule has 1 N–H and O–H groups in total. The highest BCUT2D eigenvalue weighted by Gasteiger charge is 2.16. The lowest BCUT2D eigenvalue weighted by Gasteiger charge is -2.14. The first-order valence-electron chi connectivity index (χ1n) is 5.98. The topological polar surface area (TPSA) is 56.2 Å². The van der Waals surface area contributed by atoms with Crippen molar-refractivity contribution in [2.75, 3.05) is 14.2 Å². The minimum absolute atomic E-state index is 0.218. The van der Waals surface area contributed by atoms with Gasteiger partial charge < -0.3 is 14.6 Å². The standard InChI is InChI=1S/C12H21N3O2/c1-4-5-11-14-7-9-15(11)8-6-10(13-2)12(16)17-3/h7,9-10,13H,4-6,8H2,1-3H3. The van der Waals surface area contributed by atoms with Crippen molar-refractivity contribution in [2.45, 2.75) is 38.8 Å². The van der Waals surface area contributed by atoms with E-state index < -0.39 is 0 Å². The highest BCUT2D eigenvalue weighted by molar-refractivity contribution is 5.75. The van der Waals surface area contributed by atoms with Gasteiger partial charge in [-0.2, -0.15) is 0 Å². The third kappa shape index (κ3) is 3.85. The molecular weight excluding hydrogens is 218 g/mol. The Labute approximate surface area is 102 Å². The van der Waals surface area contributed by atoms with E-state index in [4.69, 9.17) is 4.74 Å². The number of nitrogens with one attached hydrogen (secondary N) is 1. The average molecular weight is 239 g/mol. The summed E-state index contributed by atoms with van der Waals surface area (Å²) < 4.78 is 6.82. The van der Waals surface area contributed by atoms with Crippen molar-refractivity contribution in [3.05, 3.63) is 18.2 Å². The number of esters is 1. The smallest absolute Gasteiger partial charge is 0.322 e. The molecule has 0 spiro atoms. The Morgan fingerprint density at radius 1 is 1.65 bits per heavy atom. The van der Waals surface area contributed by atoms with Gasteiger partial charge in [-0.05, 0) is 19.9 Å². The van der Waals surface area contributed by atoms with E-state index in [-0.39, 0.29) is 12.0 Å². The summed E-state index contributed by atoms with van der Waals surface area (Å²) in [5.41, 5.74) is 0. The van der Waals surface area contributed by atoms with Gasteiger partial charge in [-0.25, -0.2) is 4.98 Å². The molecule has 0 aliphatic rings. The zero-order valence-corrected chi connectivity index (χ0v) is 10.8. The monoisotopic (exact) mass is 239 g/mol. The second-order valence-electron chi connectivity index (χ2n) is 3.94. The van der Waals surface area contributed by atoms with E-state index in [9.17, 15) is 4.79 Å². The number of hydrogen-bond acceptors (Lipinski definition) is 4. The third-order valence-corrected chi connectivity index (χ3v) is 2.77. The van der Waals surface area contributed by atoms with E-state index in [1.165, 1.54) is 7.11 Å². The van der Waals surface area contributed by atoms with Gasteiger partial charge in [-0.15, -0.1) is 0 Å². The molecule has 0 fully saturated rings.